The second-order valence-corrected chi connectivity index (χ2v) is 6.93. The zero-order valence-corrected chi connectivity index (χ0v) is 15.4. The molecule has 2 aromatic rings. The first kappa shape index (κ1) is 18.5. The Labute approximate surface area is 147 Å². The van der Waals surface area contributed by atoms with E-state index in [0.29, 0.717) is 23.7 Å². The Kier molecular flexibility index (Phi) is 6.37. The molecule has 2 rings (SSSR count). The Morgan fingerprint density at radius 1 is 1.12 bits per heavy atom. The van der Waals surface area contributed by atoms with Gasteiger partial charge in [-0.2, -0.15) is 0 Å². The number of aryl methyl sites for hydroxylation is 1. The molecule has 0 atom stereocenters. The van der Waals surface area contributed by atoms with Crippen molar-refractivity contribution in [3.8, 4) is 11.1 Å². The molecule has 0 spiro atoms. The average Bonchev–Trinajstić information content (AvgIpc) is 2.91. The number of benzene rings is 1. The number of hydrogen-bond acceptors (Lipinski definition) is 3. The first-order valence-electron chi connectivity index (χ1n) is 8.49. The van der Waals surface area contributed by atoms with Gasteiger partial charge in [-0.25, -0.2) is 4.39 Å². The molecule has 1 amide bonds. The lowest BCUT2D eigenvalue weighted by molar-refractivity contribution is 0.0758. The van der Waals surface area contributed by atoms with Gasteiger partial charge in [-0.15, -0.1) is 11.3 Å². The molecule has 130 valence electrons. The number of halogens is 1. The Bertz CT molecular complexity index is 688. The van der Waals surface area contributed by atoms with Crippen LogP contribution in [0.1, 0.15) is 48.8 Å². The van der Waals surface area contributed by atoms with E-state index in [1.807, 2.05) is 11.8 Å². The van der Waals surface area contributed by atoms with Crippen LogP contribution in [0.25, 0.3) is 11.1 Å². The highest BCUT2D eigenvalue weighted by Crippen LogP contribution is 2.39. The summed E-state index contributed by atoms with van der Waals surface area (Å²) in [7, 11) is 0. The lowest BCUT2D eigenvalue weighted by Crippen LogP contribution is -2.33. The van der Waals surface area contributed by atoms with Crippen LogP contribution in [0, 0.1) is 5.82 Å². The maximum absolute atomic E-state index is 13.3. The van der Waals surface area contributed by atoms with Gasteiger partial charge >= 0.3 is 0 Å². The lowest BCUT2D eigenvalue weighted by Gasteiger charge is -2.22. The van der Waals surface area contributed by atoms with Crippen LogP contribution in [-0.2, 0) is 6.42 Å². The van der Waals surface area contributed by atoms with Crippen molar-refractivity contribution in [1.29, 1.82) is 0 Å². The second-order valence-electron chi connectivity index (χ2n) is 5.79. The van der Waals surface area contributed by atoms with Gasteiger partial charge in [-0.05, 0) is 37.0 Å². The molecule has 0 aliphatic rings. The number of nitrogens with two attached hydrogens (primary N) is 1. The fourth-order valence-electron chi connectivity index (χ4n) is 2.89. The molecule has 2 N–H and O–H groups in total. The fourth-order valence-corrected chi connectivity index (χ4v) is 3.92. The van der Waals surface area contributed by atoms with Crippen LogP contribution in [0.2, 0.25) is 0 Å². The first-order valence-corrected chi connectivity index (χ1v) is 9.31. The fraction of sp³-hybridized carbons (Fsp3) is 0.421. The van der Waals surface area contributed by atoms with Crippen molar-refractivity contribution in [2.45, 2.75) is 40.0 Å². The van der Waals surface area contributed by atoms with Crippen molar-refractivity contribution >= 4 is 22.2 Å². The summed E-state index contributed by atoms with van der Waals surface area (Å²) < 4.78 is 13.3. The largest absolute Gasteiger partial charge is 0.390 e. The first-order chi connectivity index (χ1) is 11.5. The van der Waals surface area contributed by atoms with Gasteiger partial charge in [-0.1, -0.05) is 32.9 Å². The molecule has 1 heterocycles. The minimum absolute atomic E-state index is 0.0218. The van der Waals surface area contributed by atoms with E-state index in [1.54, 1.807) is 12.1 Å². The number of carbonyl (C=O) groups is 1. The predicted octanol–water partition coefficient (Wildman–Crippen LogP) is 4.96. The topological polar surface area (TPSA) is 46.3 Å². The van der Waals surface area contributed by atoms with Crippen LogP contribution < -0.4 is 5.73 Å². The minimum atomic E-state index is -0.286. The third kappa shape index (κ3) is 3.78. The van der Waals surface area contributed by atoms with Crippen molar-refractivity contribution in [1.82, 2.24) is 4.90 Å². The minimum Gasteiger partial charge on any atom is -0.390 e. The summed E-state index contributed by atoms with van der Waals surface area (Å²) in [5.41, 5.74) is 8.50. The molecule has 0 fully saturated rings. The molecule has 0 bridgehead atoms. The molecular weight excluding hydrogens is 323 g/mol. The van der Waals surface area contributed by atoms with Crippen molar-refractivity contribution in [3.05, 3.63) is 40.5 Å². The van der Waals surface area contributed by atoms with Gasteiger partial charge in [0.05, 0.1) is 10.6 Å². The van der Waals surface area contributed by atoms with Crippen LogP contribution in [0.5, 0.6) is 0 Å². The van der Waals surface area contributed by atoms with E-state index < -0.39 is 0 Å². The van der Waals surface area contributed by atoms with E-state index >= 15 is 0 Å². The number of nitrogen functional groups attached to an aromatic ring is 1. The predicted molar refractivity (Wildman–Crippen MR) is 100.0 cm³/mol. The summed E-state index contributed by atoms with van der Waals surface area (Å²) >= 11 is 1.46. The van der Waals surface area contributed by atoms with Crippen molar-refractivity contribution < 1.29 is 9.18 Å². The quantitative estimate of drug-likeness (QED) is 0.768. The Morgan fingerprint density at radius 3 is 2.21 bits per heavy atom. The normalized spacial score (nSPS) is 10.8. The Morgan fingerprint density at radius 2 is 1.71 bits per heavy atom. The Hall–Kier alpha value is -1.88. The summed E-state index contributed by atoms with van der Waals surface area (Å²) in [5, 5.41) is 0.549. The number of thiophene rings is 1. The molecule has 5 heteroatoms. The summed E-state index contributed by atoms with van der Waals surface area (Å²) in [6, 6.07) is 6.28. The van der Waals surface area contributed by atoms with Crippen molar-refractivity contribution in [2.75, 3.05) is 18.8 Å². The standard InChI is InChI=1S/C19H25FN2OS/c1-4-11-22(12-5-2)19(23)17-16(15(6-3)24-18(17)21)13-7-9-14(20)10-8-13/h7-10H,4-6,11-12,21H2,1-3H3. The summed E-state index contributed by atoms with van der Waals surface area (Å²) in [6.45, 7) is 7.59. The number of hydrogen-bond donors (Lipinski definition) is 1. The zero-order chi connectivity index (χ0) is 17.7. The molecule has 24 heavy (non-hydrogen) atoms. The van der Waals surface area contributed by atoms with E-state index in [0.717, 1.165) is 35.3 Å². The molecule has 0 saturated carbocycles. The van der Waals surface area contributed by atoms with Gasteiger partial charge < -0.3 is 10.6 Å². The van der Waals surface area contributed by atoms with E-state index in [4.69, 9.17) is 5.73 Å². The van der Waals surface area contributed by atoms with Crippen molar-refractivity contribution in [2.24, 2.45) is 0 Å². The van der Waals surface area contributed by atoms with Gasteiger partial charge in [0.25, 0.3) is 5.91 Å². The summed E-state index contributed by atoms with van der Waals surface area (Å²) in [5.74, 6) is -0.307. The smallest absolute Gasteiger partial charge is 0.257 e. The number of anilines is 1. The maximum atomic E-state index is 13.3. The maximum Gasteiger partial charge on any atom is 0.257 e. The third-order valence-corrected chi connectivity index (χ3v) is 5.11. The average molecular weight is 348 g/mol. The van der Waals surface area contributed by atoms with Gasteiger partial charge in [0.1, 0.15) is 5.82 Å². The number of rotatable bonds is 7. The molecule has 0 aliphatic carbocycles. The van der Waals surface area contributed by atoms with Crippen molar-refractivity contribution in [3.63, 3.8) is 0 Å². The molecule has 3 nitrogen and oxygen atoms in total. The number of amides is 1. The van der Waals surface area contributed by atoms with E-state index in [-0.39, 0.29) is 11.7 Å². The van der Waals surface area contributed by atoms with Gasteiger partial charge in [0.15, 0.2) is 0 Å². The van der Waals surface area contributed by atoms with Crippen LogP contribution in [0.3, 0.4) is 0 Å². The van der Waals surface area contributed by atoms with Gasteiger partial charge in [-0.3, -0.25) is 4.79 Å². The second kappa shape index (κ2) is 8.29. The third-order valence-electron chi connectivity index (χ3n) is 3.95. The summed E-state index contributed by atoms with van der Waals surface area (Å²) in [6.07, 6.45) is 2.60. The highest BCUT2D eigenvalue weighted by molar-refractivity contribution is 7.17. The Balaban J connectivity index is 2.54. The van der Waals surface area contributed by atoms with E-state index in [9.17, 15) is 9.18 Å². The monoisotopic (exact) mass is 348 g/mol. The molecule has 0 unspecified atom stereocenters. The van der Waals surface area contributed by atoms with Crippen LogP contribution >= 0.6 is 11.3 Å². The molecule has 0 radical (unpaired) electrons. The zero-order valence-electron chi connectivity index (χ0n) is 14.6. The van der Waals surface area contributed by atoms with Crippen LogP contribution in [0.4, 0.5) is 9.39 Å². The van der Waals surface area contributed by atoms with Crippen LogP contribution in [-0.4, -0.2) is 23.9 Å². The lowest BCUT2D eigenvalue weighted by atomic mass is 9.99. The summed E-state index contributed by atoms with van der Waals surface area (Å²) in [4.78, 5) is 16.0. The highest BCUT2D eigenvalue weighted by Gasteiger charge is 2.26. The molecule has 0 saturated heterocycles. The molecular formula is C19H25FN2OS. The molecule has 0 aliphatic heterocycles. The van der Waals surface area contributed by atoms with Gasteiger partial charge in [0, 0.05) is 23.5 Å². The molecule has 1 aromatic heterocycles. The number of carbonyl (C=O) groups excluding carboxylic acids is 1. The highest BCUT2D eigenvalue weighted by atomic mass is 32.1. The van der Waals surface area contributed by atoms with E-state index in [1.165, 1.54) is 23.5 Å². The number of nitrogens with zero attached hydrogens (tertiary/aromatic N) is 1. The van der Waals surface area contributed by atoms with Gasteiger partial charge in [0.2, 0.25) is 0 Å². The van der Waals surface area contributed by atoms with Crippen LogP contribution in [0.15, 0.2) is 24.3 Å². The van der Waals surface area contributed by atoms with E-state index in [2.05, 4.69) is 13.8 Å². The SMILES string of the molecule is CCCN(CCC)C(=O)c1c(N)sc(CC)c1-c1ccc(F)cc1. The molecule has 1 aromatic carbocycles.